The molecule has 2 aliphatic carbocycles. The van der Waals surface area contributed by atoms with Gasteiger partial charge in [-0.3, -0.25) is 9.59 Å². The first kappa shape index (κ1) is 24.4. The van der Waals surface area contributed by atoms with E-state index in [1.54, 1.807) is 7.11 Å². The van der Waals surface area contributed by atoms with Crippen molar-refractivity contribution in [2.45, 2.75) is 81.1 Å². The quantitative estimate of drug-likeness (QED) is 0.343. The molecule has 0 unspecified atom stereocenters. The van der Waals surface area contributed by atoms with E-state index in [1.165, 1.54) is 5.57 Å². The average molecular weight is 413 g/mol. The fourth-order valence-electron chi connectivity index (χ4n) is 5.03. The lowest BCUT2D eigenvalue weighted by atomic mass is 9.47. The highest BCUT2D eigenvalue weighted by Gasteiger charge is 2.63. The van der Waals surface area contributed by atoms with Crippen LogP contribution in [0.25, 0.3) is 0 Å². The number of carbonyl (C=O) groups is 2. The van der Waals surface area contributed by atoms with Crippen LogP contribution in [0.3, 0.4) is 0 Å². The minimum Gasteiger partial charge on any atom is -0.500 e. The largest absolute Gasteiger partial charge is 0.500 e. The van der Waals surface area contributed by atoms with Crippen LogP contribution in [0.5, 0.6) is 0 Å². The van der Waals surface area contributed by atoms with Crippen molar-refractivity contribution in [1.29, 1.82) is 0 Å². The molecule has 3 nitrogen and oxygen atoms in total. The molecule has 0 spiro atoms. The van der Waals surface area contributed by atoms with Crippen molar-refractivity contribution in [1.82, 2.24) is 0 Å². The molecule has 0 aromatic carbocycles. The molecule has 1 fully saturated rings. The number of allylic oxidation sites excluding steroid dienone is 8. The Kier molecular flexibility index (Phi) is 7.37. The van der Waals surface area contributed by atoms with Gasteiger partial charge in [0.1, 0.15) is 5.76 Å². The monoisotopic (exact) mass is 412 g/mol. The predicted octanol–water partition coefficient (Wildman–Crippen LogP) is 6.76. The number of ketones is 2. The van der Waals surface area contributed by atoms with E-state index in [9.17, 15) is 9.59 Å². The Balaban J connectivity index is 2.73. The molecule has 3 atom stereocenters. The predicted molar refractivity (Wildman–Crippen MR) is 124 cm³/mol. The molecule has 2 bridgehead atoms. The number of rotatable bonds is 7. The van der Waals surface area contributed by atoms with Gasteiger partial charge in [0, 0.05) is 5.57 Å². The second-order valence-electron chi connectivity index (χ2n) is 10.5. The minimum atomic E-state index is -0.968. The summed E-state index contributed by atoms with van der Waals surface area (Å²) in [6.07, 6.45) is 8.89. The highest BCUT2D eigenvalue weighted by atomic mass is 16.5. The summed E-state index contributed by atoms with van der Waals surface area (Å²) in [6, 6.07) is 0. The van der Waals surface area contributed by atoms with Crippen LogP contribution in [0, 0.1) is 22.7 Å². The van der Waals surface area contributed by atoms with Gasteiger partial charge in [-0.25, -0.2) is 0 Å². The fraction of sp³-hybridized carbons (Fsp3) is 0.630. The van der Waals surface area contributed by atoms with Gasteiger partial charge in [-0.15, -0.1) is 0 Å². The first-order valence-corrected chi connectivity index (χ1v) is 11.1. The third-order valence-electron chi connectivity index (χ3n) is 7.00. The zero-order valence-electron chi connectivity index (χ0n) is 20.4. The molecule has 0 radical (unpaired) electrons. The van der Waals surface area contributed by atoms with E-state index in [-0.39, 0.29) is 28.8 Å². The summed E-state index contributed by atoms with van der Waals surface area (Å²) in [4.78, 5) is 27.8. The lowest BCUT2D eigenvalue weighted by Crippen LogP contribution is -2.59. The Morgan fingerprint density at radius 2 is 1.53 bits per heavy atom. The van der Waals surface area contributed by atoms with Crippen molar-refractivity contribution in [2.75, 3.05) is 7.11 Å². The normalized spacial score (nSPS) is 27.5. The Hall–Kier alpha value is -1.90. The molecule has 0 amide bonds. The van der Waals surface area contributed by atoms with Crippen molar-refractivity contribution in [3.8, 4) is 0 Å². The molecule has 2 rings (SSSR count). The molecule has 166 valence electrons. The lowest BCUT2D eigenvalue weighted by Gasteiger charge is -2.54. The van der Waals surface area contributed by atoms with E-state index < -0.39 is 5.41 Å². The molecule has 0 N–H and O–H groups in total. The molecule has 0 heterocycles. The van der Waals surface area contributed by atoms with Gasteiger partial charge in [0.25, 0.3) is 0 Å². The summed E-state index contributed by atoms with van der Waals surface area (Å²) in [5.41, 5.74) is 3.01. The maximum atomic E-state index is 13.9. The van der Waals surface area contributed by atoms with Gasteiger partial charge in [-0.05, 0) is 78.6 Å². The van der Waals surface area contributed by atoms with Crippen LogP contribution < -0.4 is 0 Å². The van der Waals surface area contributed by atoms with Gasteiger partial charge in [0.05, 0.1) is 18.4 Å². The third kappa shape index (κ3) is 4.40. The minimum absolute atomic E-state index is 0.0201. The highest BCUT2D eigenvalue weighted by molar-refractivity contribution is 6.19. The Bertz CT molecular complexity index is 822. The zero-order chi connectivity index (χ0) is 22.9. The Labute approximate surface area is 183 Å². The Morgan fingerprint density at radius 3 is 2.03 bits per heavy atom. The smallest absolute Gasteiger partial charge is 0.176 e. The Morgan fingerprint density at radius 1 is 0.967 bits per heavy atom. The number of methoxy groups -OCH3 is 1. The molecule has 3 heteroatoms. The average Bonchev–Trinajstić information content (AvgIpc) is 2.63. The van der Waals surface area contributed by atoms with E-state index >= 15 is 0 Å². The SMILES string of the molecule is COC1=C(CC=C(C)C)C(=O)[C@@]2(CC=C(C)C)C[C@H](CC=C(C)C)C(C)(C)[C@@H]1C2=O. The van der Waals surface area contributed by atoms with Gasteiger partial charge in [-0.1, -0.05) is 48.8 Å². The van der Waals surface area contributed by atoms with Crippen LogP contribution in [-0.2, 0) is 14.3 Å². The highest BCUT2D eigenvalue weighted by Crippen LogP contribution is 2.59. The number of hydrogen-bond donors (Lipinski definition) is 0. The van der Waals surface area contributed by atoms with Gasteiger partial charge >= 0.3 is 0 Å². The first-order valence-electron chi connectivity index (χ1n) is 11.1. The molecule has 0 aromatic rings. The maximum Gasteiger partial charge on any atom is 0.176 e. The van der Waals surface area contributed by atoms with Crippen molar-refractivity contribution in [3.63, 3.8) is 0 Å². The van der Waals surface area contributed by atoms with Crippen molar-refractivity contribution in [3.05, 3.63) is 46.3 Å². The van der Waals surface area contributed by atoms with Crippen LogP contribution in [0.1, 0.15) is 81.1 Å². The van der Waals surface area contributed by atoms with Crippen molar-refractivity contribution < 1.29 is 14.3 Å². The van der Waals surface area contributed by atoms with E-state index in [0.717, 1.165) is 17.6 Å². The molecular formula is C27H40O3. The van der Waals surface area contributed by atoms with Gasteiger partial charge in [0.15, 0.2) is 11.6 Å². The lowest BCUT2D eigenvalue weighted by molar-refractivity contribution is -0.157. The zero-order valence-corrected chi connectivity index (χ0v) is 20.4. The van der Waals surface area contributed by atoms with E-state index in [1.807, 2.05) is 27.7 Å². The molecule has 0 aliphatic heterocycles. The van der Waals surface area contributed by atoms with Crippen LogP contribution in [0.2, 0.25) is 0 Å². The summed E-state index contributed by atoms with van der Waals surface area (Å²) < 4.78 is 5.82. The molecular weight excluding hydrogens is 372 g/mol. The number of fused-ring (bicyclic) bond motifs is 2. The number of carbonyl (C=O) groups excluding carboxylic acids is 2. The van der Waals surface area contributed by atoms with Crippen LogP contribution >= 0.6 is 0 Å². The first-order chi connectivity index (χ1) is 13.9. The second-order valence-corrected chi connectivity index (χ2v) is 10.5. The third-order valence-corrected chi connectivity index (χ3v) is 7.00. The number of ether oxygens (including phenoxy) is 1. The fourth-order valence-corrected chi connectivity index (χ4v) is 5.03. The van der Waals surface area contributed by atoms with Crippen LogP contribution in [0.4, 0.5) is 0 Å². The summed E-state index contributed by atoms with van der Waals surface area (Å²) in [5, 5.41) is 0. The van der Waals surface area contributed by atoms with Crippen molar-refractivity contribution >= 4 is 11.6 Å². The summed E-state index contributed by atoms with van der Waals surface area (Å²) >= 11 is 0. The molecule has 1 saturated carbocycles. The van der Waals surface area contributed by atoms with Gasteiger partial charge < -0.3 is 4.74 Å². The van der Waals surface area contributed by atoms with E-state index in [4.69, 9.17) is 4.74 Å². The molecule has 0 saturated heterocycles. The number of hydrogen-bond acceptors (Lipinski definition) is 3. The molecule has 30 heavy (non-hydrogen) atoms. The number of Topliss-reactive ketones (excluding diaryl/α,β-unsaturated/α-hetero) is 2. The van der Waals surface area contributed by atoms with Crippen LogP contribution in [0.15, 0.2) is 46.3 Å². The van der Waals surface area contributed by atoms with E-state index in [2.05, 4.69) is 45.9 Å². The maximum absolute atomic E-state index is 13.9. The summed E-state index contributed by atoms with van der Waals surface area (Å²) in [6.45, 7) is 16.7. The van der Waals surface area contributed by atoms with Crippen LogP contribution in [-0.4, -0.2) is 18.7 Å². The summed E-state index contributed by atoms with van der Waals surface area (Å²) in [7, 11) is 1.61. The summed E-state index contributed by atoms with van der Waals surface area (Å²) in [5.74, 6) is 0.493. The molecule has 0 aromatic heterocycles. The molecule has 2 aliphatic rings. The van der Waals surface area contributed by atoms with Gasteiger partial charge in [0.2, 0.25) is 0 Å². The second kappa shape index (κ2) is 9.08. The van der Waals surface area contributed by atoms with Gasteiger partial charge in [-0.2, -0.15) is 0 Å². The van der Waals surface area contributed by atoms with Crippen molar-refractivity contribution in [2.24, 2.45) is 22.7 Å². The standard InChI is InChI=1S/C27H40O3/c1-17(2)10-12-20-16-27(15-14-19(5)6)24(28)21(13-11-18(3)4)23(30-9)22(25(27)29)26(20,7)8/h10-11,14,20,22H,12-13,15-16H2,1-9H3/t20-,22-,27+/m0/s1. The topological polar surface area (TPSA) is 43.4 Å². The van der Waals surface area contributed by atoms with E-state index in [0.29, 0.717) is 30.6 Å².